The Balaban J connectivity index is 1.39. The first-order valence-corrected chi connectivity index (χ1v) is 29.9. The lowest BCUT2D eigenvalue weighted by Crippen LogP contribution is -2.62. The van der Waals surface area contributed by atoms with E-state index in [9.17, 15) is 63.3 Å². The van der Waals surface area contributed by atoms with Crippen LogP contribution >= 0.6 is 21.6 Å². The predicted octanol–water partition coefficient (Wildman–Crippen LogP) is 0.0687. The first kappa shape index (κ1) is 65.5. The summed E-state index contributed by atoms with van der Waals surface area (Å²) in [7, 11) is 1.78. The molecule has 6 rings (SSSR count). The van der Waals surface area contributed by atoms with E-state index < -0.39 is 120 Å². The number of aromatic amines is 1. The molecule has 25 nitrogen and oxygen atoms in total. The van der Waals surface area contributed by atoms with E-state index in [2.05, 4.69) is 52.8 Å². The van der Waals surface area contributed by atoms with Gasteiger partial charge in [-0.25, -0.2) is 9.59 Å². The predicted molar refractivity (Wildman–Crippen MR) is 319 cm³/mol. The number of aliphatic hydroxyl groups is 1. The van der Waals surface area contributed by atoms with Crippen molar-refractivity contribution in [2.45, 2.75) is 119 Å². The van der Waals surface area contributed by atoms with E-state index in [0.717, 1.165) is 21.6 Å². The molecule has 0 unspecified atom stereocenters. The number of primary amides is 1. The van der Waals surface area contributed by atoms with Crippen molar-refractivity contribution >= 4 is 91.7 Å². The Morgan fingerprint density at radius 2 is 1.16 bits per heavy atom. The monoisotopic (exact) mass is 1210 g/mol. The summed E-state index contributed by atoms with van der Waals surface area (Å²) >= 11 is 0. The molecule has 10 amide bonds. The Hall–Kier alpha value is -8.66. The van der Waals surface area contributed by atoms with Crippen molar-refractivity contribution in [3.8, 4) is 5.75 Å². The number of carbonyl (C=O) groups excluding carboxylic acids is 9. The van der Waals surface area contributed by atoms with Gasteiger partial charge in [0.15, 0.2) is 0 Å². The van der Waals surface area contributed by atoms with Gasteiger partial charge in [0.05, 0.1) is 6.10 Å². The SMILES string of the molecule is C[C@@H]1NC(=O)[C@@H](Cc2ccccc2)NC(=O)[C@H](NC(=O)[C@@H](Cc2ccc(O)cc2)NC(N)=O)CSSC[C@@H](C(=O)O)NC(=O)[C@H](Cc2ccccc2)NC(=O)[C@@H]([C@@H](C)O)NC(=O)[C@H](CCCCN)NC(=O)[C@@H](Cc2c[nH]c3ccccc23)NC1=O. The molecule has 454 valence electrons. The number of benzene rings is 4. The number of hydrogen-bond acceptors (Lipinski definition) is 15. The highest BCUT2D eigenvalue weighted by atomic mass is 33.1. The molecule has 85 heavy (non-hydrogen) atoms. The van der Waals surface area contributed by atoms with Gasteiger partial charge in [-0.05, 0) is 80.1 Å². The zero-order chi connectivity index (χ0) is 61.6. The van der Waals surface area contributed by atoms with Crippen LogP contribution in [0.15, 0.2) is 115 Å². The number of carboxylic acids is 1. The molecule has 0 bridgehead atoms. The fraction of sp³-hybridized carbons (Fsp3) is 0.379. The Kier molecular flexibility index (Phi) is 25.0. The first-order chi connectivity index (χ1) is 40.7. The number of nitrogens with one attached hydrogen (secondary N) is 10. The molecule has 10 atom stereocenters. The summed E-state index contributed by atoms with van der Waals surface area (Å²) in [6, 6.07) is 15.3. The number of aliphatic hydroxyl groups excluding tert-OH is 1. The average molecular weight is 1210 g/mol. The third-order valence-corrected chi connectivity index (χ3v) is 16.2. The van der Waals surface area contributed by atoms with E-state index in [1.54, 1.807) is 85.1 Å². The smallest absolute Gasteiger partial charge is 0.327 e. The van der Waals surface area contributed by atoms with Gasteiger partial charge in [-0.3, -0.25) is 38.4 Å². The average Bonchev–Trinajstić information content (AvgIpc) is 3.72. The van der Waals surface area contributed by atoms with Gasteiger partial charge in [-0.2, -0.15) is 0 Å². The Bertz CT molecular complexity index is 3120. The molecule has 2 heterocycles. The lowest BCUT2D eigenvalue weighted by molar-refractivity contribution is -0.141. The maximum Gasteiger partial charge on any atom is 0.327 e. The summed E-state index contributed by atoms with van der Waals surface area (Å²) in [4.78, 5) is 143. The van der Waals surface area contributed by atoms with Crippen LogP contribution in [0.4, 0.5) is 4.79 Å². The molecule has 27 heteroatoms. The minimum absolute atomic E-state index is 0.0290. The number of nitrogens with two attached hydrogens (primary N) is 2. The Labute approximate surface area is 497 Å². The van der Waals surface area contributed by atoms with Crippen LogP contribution in [0.2, 0.25) is 0 Å². The number of aliphatic carboxylic acids is 1. The summed E-state index contributed by atoms with van der Waals surface area (Å²) < 4.78 is 0. The fourth-order valence-electron chi connectivity index (χ4n) is 9.13. The van der Waals surface area contributed by atoms with E-state index in [0.29, 0.717) is 46.0 Å². The molecule has 17 N–H and O–H groups in total. The second-order valence-corrected chi connectivity index (χ2v) is 22.9. The highest BCUT2D eigenvalue weighted by Crippen LogP contribution is 2.24. The maximum absolute atomic E-state index is 14.7. The topological polar surface area (TPSA) is 407 Å². The molecule has 4 aromatic carbocycles. The molecule has 5 aromatic rings. The number of aromatic nitrogens is 1. The molecular formula is C58H72N12O13S2. The van der Waals surface area contributed by atoms with Crippen molar-refractivity contribution in [2.75, 3.05) is 18.1 Å². The lowest BCUT2D eigenvalue weighted by Gasteiger charge is -2.28. The second kappa shape index (κ2) is 32.4. The van der Waals surface area contributed by atoms with Gasteiger partial charge in [0.2, 0.25) is 47.3 Å². The molecule has 0 aliphatic carbocycles. The van der Waals surface area contributed by atoms with Crippen LogP contribution in [-0.2, 0) is 68.8 Å². The molecular weight excluding hydrogens is 1140 g/mol. The van der Waals surface area contributed by atoms with Crippen LogP contribution in [0, 0.1) is 0 Å². The molecule has 1 aliphatic heterocycles. The number of unbranched alkanes of at least 4 members (excludes halogenated alkanes) is 1. The number of phenolic OH excluding ortho intramolecular Hbond substituents is 1. The van der Waals surface area contributed by atoms with Gasteiger partial charge in [0, 0.05) is 54.3 Å². The van der Waals surface area contributed by atoms with Crippen LogP contribution < -0.4 is 59.3 Å². The zero-order valence-electron chi connectivity index (χ0n) is 46.7. The number of carboxylic acid groups (broad SMARTS) is 1. The summed E-state index contributed by atoms with van der Waals surface area (Å²) in [5, 5.41) is 55.3. The Morgan fingerprint density at radius 1 is 0.624 bits per heavy atom. The number of aromatic hydroxyl groups is 1. The van der Waals surface area contributed by atoms with Gasteiger partial charge in [0.25, 0.3) is 0 Å². The molecule has 1 aliphatic rings. The number of fused-ring (bicyclic) bond motifs is 1. The summed E-state index contributed by atoms with van der Waals surface area (Å²) in [6.07, 6.45) is 0.0864. The number of urea groups is 1. The quantitative estimate of drug-likeness (QED) is 0.0433. The lowest BCUT2D eigenvalue weighted by atomic mass is 10.0. The minimum atomic E-state index is -1.74. The summed E-state index contributed by atoms with van der Waals surface area (Å²) in [6.45, 7) is 2.79. The van der Waals surface area contributed by atoms with E-state index in [4.69, 9.17) is 11.5 Å². The molecule has 0 spiro atoms. The molecule has 1 aromatic heterocycles. The third-order valence-electron chi connectivity index (χ3n) is 13.8. The third kappa shape index (κ3) is 20.3. The van der Waals surface area contributed by atoms with Crippen LogP contribution in [0.5, 0.6) is 5.75 Å². The van der Waals surface area contributed by atoms with E-state index in [1.165, 1.54) is 38.1 Å². The van der Waals surface area contributed by atoms with Crippen LogP contribution in [0.3, 0.4) is 0 Å². The van der Waals surface area contributed by atoms with Crippen molar-refractivity contribution in [3.05, 3.63) is 138 Å². The summed E-state index contributed by atoms with van der Waals surface area (Å²) in [5.41, 5.74) is 14.2. The van der Waals surface area contributed by atoms with E-state index in [1.807, 2.05) is 6.07 Å². The highest BCUT2D eigenvalue weighted by molar-refractivity contribution is 8.76. The van der Waals surface area contributed by atoms with Gasteiger partial charge < -0.3 is 79.6 Å². The van der Waals surface area contributed by atoms with Crippen molar-refractivity contribution in [1.82, 2.24) is 52.8 Å². The van der Waals surface area contributed by atoms with Crippen LogP contribution in [0.1, 0.15) is 55.4 Å². The maximum atomic E-state index is 14.7. The van der Waals surface area contributed by atoms with Gasteiger partial charge in [0.1, 0.15) is 60.1 Å². The fourth-order valence-corrected chi connectivity index (χ4v) is 11.5. The molecule has 0 radical (unpaired) electrons. The molecule has 1 fully saturated rings. The van der Waals surface area contributed by atoms with E-state index >= 15 is 0 Å². The Morgan fingerprint density at radius 3 is 1.78 bits per heavy atom. The number of para-hydroxylation sites is 1. The number of carbonyl (C=O) groups is 10. The molecule has 0 saturated carbocycles. The number of phenols is 1. The number of rotatable bonds is 17. The number of H-pyrrole nitrogens is 1. The van der Waals surface area contributed by atoms with Crippen molar-refractivity contribution in [1.29, 1.82) is 0 Å². The minimum Gasteiger partial charge on any atom is -0.508 e. The first-order valence-electron chi connectivity index (χ1n) is 27.4. The molecule has 1 saturated heterocycles. The second-order valence-electron chi connectivity index (χ2n) is 20.4. The number of hydrogen-bond donors (Lipinski definition) is 15. The number of amides is 10. The zero-order valence-corrected chi connectivity index (χ0v) is 48.3. The standard InChI is InChI=1S/C58H72N12O13S2/c1-32-49(73)64-45(28-37-29-61-40-18-10-9-17-39(37)40)54(78)63-41(19-11-12-24-59)50(74)70-48(33(2)71)56(80)66-43(26-35-15-7-4-8-16-35)52(76)68-47(57(81)82)31-85-84-30-46(55(79)65-42(51(75)62-32)25-34-13-5-3-6-14-34)67-53(77)44(69-58(60)83)27-36-20-22-38(72)23-21-36/h3-10,13-18,20-23,29,32-33,41-48,61,71-72H,11-12,19,24-28,30-31,59H2,1-2H3,(H,62,75)(H,63,78)(H,64,73)(H,65,79)(H,66,80)(H,67,77)(H,68,76)(H,70,74)(H,81,82)(H3,60,69,83)/t32-,33+,41-,42+,43-,44+,45+,46+,47-,48+/m0/s1. The van der Waals surface area contributed by atoms with Crippen molar-refractivity contribution in [2.24, 2.45) is 11.5 Å². The highest BCUT2D eigenvalue weighted by Gasteiger charge is 2.37. The van der Waals surface area contributed by atoms with E-state index in [-0.39, 0.29) is 55.9 Å². The van der Waals surface area contributed by atoms with Crippen molar-refractivity contribution in [3.63, 3.8) is 0 Å². The van der Waals surface area contributed by atoms with Crippen LogP contribution in [0.25, 0.3) is 10.9 Å². The van der Waals surface area contributed by atoms with Crippen LogP contribution in [-0.4, -0.2) is 158 Å². The van der Waals surface area contributed by atoms with Crippen molar-refractivity contribution < 1.29 is 63.3 Å². The van der Waals surface area contributed by atoms with Gasteiger partial charge in [-0.1, -0.05) is 113 Å². The summed E-state index contributed by atoms with van der Waals surface area (Å²) in [5.74, 6) is -9.59. The van der Waals surface area contributed by atoms with Gasteiger partial charge >= 0.3 is 12.0 Å². The van der Waals surface area contributed by atoms with Gasteiger partial charge in [-0.15, -0.1) is 0 Å². The normalized spacial score (nSPS) is 22.6. The largest absolute Gasteiger partial charge is 0.508 e.